The molecule has 2 rings (SSSR count). The zero-order valence-corrected chi connectivity index (χ0v) is 13.0. The van der Waals surface area contributed by atoms with Gasteiger partial charge in [0, 0.05) is 26.7 Å². The first kappa shape index (κ1) is 15.7. The molecule has 0 atom stereocenters. The zero-order chi connectivity index (χ0) is 15.3. The molecule has 0 aromatic carbocycles. The fourth-order valence-corrected chi connectivity index (χ4v) is 2.42. The van der Waals surface area contributed by atoms with Gasteiger partial charge in [-0.2, -0.15) is 15.0 Å². The van der Waals surface area contributed by atoms with Crippen molar-refractivity contribution in [2.24, 2.45) is 5.84 Å². The highest BCUT2D eigenvalue weighted by atomic mass is 16.5. The molecule has 0 aliphatic heterocycles. The van der Waals surface area contributed by atoms with Gasteiger partial charge in [-0.1, -0.05) is 0 Å². The van der Waals surface area contributed by atoms with Crippen molar-refractivity contribution in [3.8, 4) is 0 Å². The summed E-state index contributed by atoms with van der Waals surface area (Å²) in [5, 5.41) is 3.25. The van der Waals surface area contributed by atoms with Gasteiger partial charge in [0.2, 0.25) is 17.8 Å². The molecule has 1 aliphatic carbocycles. The molecular weight excluding hydrogens is 270 g/mol. The van der Waals surface area contributed by atoms with E-state index >= 15 is 0 Å². The Morgan fingerprint density at radius 2 is 1.86 bits per heavy atom. The van der Waals surface area contributed by atoms with E-state index in [1.807, 2.05) is 4.90 Å². The van der Waals surface area contributed by atoms with Crippen molar-refractivity contribution in [1.82, 2.24) is 15.0 Å². The Kier molecular flexibility index (Phi) is 5.13. The highest BCUT2D eigenvalue weighted by molar-refractivity contribution is 5.43. The number of rotatable bonds is 8. The Morgan fingerprint density at radius 3 is 2.33 bits per heavy atom. The van der Waals surface area contributed by atoms with Gasteiger partial charge in [0.05, 0.1) is 5.60 Å². The van der Waals surface area contributed by atoms with Crippen LogP contribution < -0.4 is 21.5 Å². The molecule has 1 aromatic rings. The summed E-state index contributed by atoms with van der Waals surface area (Å²) >= 11 is 0. The summed E-state index contributed by atoms with van der Waals surface area (Å²) in [6.07, 6.45) is 3.33. The number of ether oxygens (including phenoxy) is 1. The molecule has 0 radical (unpaired) electrons. The van der Waals surface area contributed by atoms with Crippen LogP contribution in [-0.4, -0.2) is 47.3 Å². The van der Waals surface area contributed by atoms with Crippen LogP contribution in [0.2, 0.25) is 0 Å². The van der Waals surface area contributed by atoms with E-state index in [9.17, 15) is 0 Å². The van der Waals surface area contributed by atoms with E-state index in [2.05, 4.69) is 39.5 Å². The van der Waals surface area contributed by atoms with Gasteiger partial charge in [0.25, 0.3) is 0 Å². The Morgan fingerprint density at radius 1 is 1.19 bits per heavy atom. The summed E-state index contributed by atoms with van der Waals surface area (Å²) < 4.78 is 5.59. The molecule has 21 heavy (non-hydrogen) atoms. The predicted octanol–water partition coefficient (Wildman–Crippen LogP) is 0.984. The summed E-state index contributed by atoms with van der Waals surface area (Å²) in [7, 11) is 1.75. The van der Waals surface area contributed by atoms with E-state index in [-0.39, 0.29) is 5.60 Å². The van der Waals surface area contributed by atoms with Gasteiger partial charge in [-0.25, -0.2) is 5.84 Å². The second kappa shape index (κ2) is 6.86. The van der Waals surface area contributed by atoms with Crippen molar-refractivity contribution in [3.63, 3.8) is 0 Å². The van der Waals surface area contributed by atoms with Crippen molar-refractivity contribution in [2.45, 2.75) is 38.7 Å². The van der Waals surface area contributed by atoms with E-state index in [4.69, 9.17) is 10.6 Å². The molecule has 8 nitrogen and oxygen atoms in total. The van der Waals surface area contributed by atoms with Crippen LogP contribution in [0.4, 0.5) is 17.8 Å². The molecule has 1 fully saturated rings. The lowest BCUT2D eigenvalue weighted by Gasteiger charge is -2.40. The maximum atomic E-state index is 5.59. The molecule has 0 saturated heterocycles. The van der Waals surface area contributed by atoms with Gasteiger partial charge < -0.3 is 15.0 Å². The number of hydrazine groups is 1. The molecule has 1 aliphatic rings. The quantitative estimate of drug-likeness (QED) is 0.482. The maximum absolute atomic E-state index is 5.59. The summed E-state index contributed by atoms with van der Waals surface area (Å²) in [4.78, 5) is 15.0. The number of methoxy groups -OCH3 is 1. The van der Waals surface area contributed by atoms with Crippen molar-refractivity contribution in [1.29, 1.82) is 0 Å². The van der Waals surface area contributed by atoms with Crippen molar-refractivity contribution < 1.29 is 4.74 Å². The number of hydrogen-bond acceptors (Lipinski definition) is 8. The molecule has 0 amide bonds. The van der Waals surface area contributed by atoms with Crippen LogP contribution in [0, 0.1) is 0 Å². The first-order valence-electron chi connectivity index (χ1n) is 7.43. The second-order valence-electron chi connectivity index (χ2n) is 5.19. The summed E-state index contributed by atoms with van der Waals surface area (Å²) in [6, 6.07) is 0. The number of nitrogens with one attached hydrogen (secondary N) is 2. The van der Waals surface area contributed by atoms with Crippen molar-refractivity contribution >= 4 is 17.8 Å². The number of aromatic nitrogens is 3. The van der Waals surface area contributed by atoms with E-state index in [0.29, 0.717) is 24.4 Å². The van der Waals surface area contributed by atoms with Crippen molar-refractivity contribution in [2.75, 3.05) is 42.4 Å². The van der Waals surface area contributed by atoms with E-state index in [1.165, 1.54) is 6.42 Å². The monoisotopic (exact) mass is 295 g/mol. The zero-order valence-electron chi connectivity index (χ0n) is 13.0. The average Bonchev–Trinajstić information content (AvgIpc) is 2.47. The second-order valence-corrected chi connectivity index (χ2v) is 5.19. The molecule has 4 N–H and O–H groups in total. The van der Waals surface area contributed by atoms with Crippen LogP contribution in [-0.2, 0) is 4.74 Å². The highest BCUT2D eigenvalue weighted by Crippen LogP contribution is 2.34. The molecule has 0 unspecified atom stereocenters. The third-order valence-electron chi connectivity index (χ3n) is 4.07. The van der Waals surface area contributed by atoms with Gasteiger partial charge in [0.1, 0.15) is 0 Å². The third-order valence-corrected chi connectivity index (χ3v) is 4.07. The van der Waals surface area contributed by atoms with Crippen LogP contribution in [0.5, 0.6) is 0 Å². The predicted molar refractivity (Wildman–Crippen MR) is 83.3 cm³/mol. The SMILES string of the molecule is CCN(CC)c1nc(NN)nc(NCC2(OC)CCC2)n1. The molecule has 0 bridgehead atoms. The minimum absolute atomic E-state index is 0.0850. The lowest BCUT2D eigenvalue weighted by atomic mass is 9.80. The molecule has 1 heterocycles. The number of hydrogen-bond donors (Lipinski definition) is 3. The van der Waals surface area contributed by atoms with Gasteiger partial charge in [-0.15, -0.1) is 0 Å². The van der Waals surface area contributed by atoms with Gasteiger partial charge in [0.15, 0.2) is 0 Å². The van der Waals surface area contributed by atoms with Gasteiger partial charge in [-0.3, -0.25) is 5.43 Å². The summed E-state index contributed by atoms with van der Waals surface area (Å²) in [5.74, 6) is 6.93. The minimum Gasteiger partial charge on any atom is -0.376 e. The lowest BCUT2D eigenvalue weighted by Crippen LogP contribution is -2.45. The van der Waals surface area contributed by atoms with Crippen LogP contribution >= 0.6 is 0 Å². The molecule has 118 valence electrons. The Balaban J connectivity index is 2.12. The molecule has 1 aromatic heterocycles. The topological polar surface area (TPSA) is 101 Å². The Hall–Kier alpha value is -1.67. The van der Waals surface area contributed by atoms with Crippen molar-refractivity contribution in [3.05, 3.63) is 0 Å². The van der Waals surface area contributed by atoms with Crippen LogP contribution in [0.1, 0.15) is 33.1 Å². The third kappa shape index (κ3) is 3.51. The first-order valence-corrected chi connectivity index (χ1v) is 7.43. The fraction of sp³-hybridized carbons (Fsp3) is 0.769. The molecule has 1 saturated carbocycles. The van der Waals surface area contributed by atoms with Crippen LogP contribution in [0.15, 0.2) is 0 Å². The summed E-state index contributed by atoms with van der Waals surface area (Å²) in [6.45, 7) is 6.46. The van der Waals surface area contributed by atoms with E-state index in [0.717, 1.165) is 25.9 Å². The number of nitrogen functional groups attached to an aromatic ring is 1. The molecule has 8 heteroatoms. The smallest absolute Gasteiger partial charge is 0.243 e. The van der Waals surface area contributed by atoms with Crippen LogP contribution in [0.25, 0.3) is 0 Å². The van der Waals surface area contributed by atoms with Crippen LogP contribution in [0.3, 0.4) is 0 Å². The molecule has 0 spiro atoms. The highest BCUT2D eigenvalue weighted by Gasteiger charge is 2.37. The number of nitrogens with zero attached hydrogens (tertiary/aromatic N) is 4. The first-order chi connectivity index (χ1) is 10.2. The van der Waals surface area contributed by atoms with E-state index in [1.54, 1.807) is 7.11 Å². The maximum Gasteiger partial charge on any atom is 0.243 e. The van der Waals surface area contributed by atoms with Gasteiger partial charge in [-0.05, 0) is 33.1 Å². The molecular formula is C13H25N7O. The standard InChI is InChI=1S/C13H25N7O/c1-4-20(5-2)12-17-10(16-11(18-12)19-14)15-9-13(21-3)7-6-8-13/h4-9,14H2,1-3H3,(H2,15,16,17,18,19). The largest absolute Gasteiger partial charge is 0.376 e. The lowest BCUT2D eigenvalue weighted by molar-refractivity contribution is -0.0602. The van der Waals surface area contributed by atoms with E-state index < -0.39 is 0 Å². The number of nitrogens with two attached hydrogens (primary N) is 1. The van der Waals surface area contributed by atoms with Gasteiger partial charge >= 0.3 is 0 Å². The summed E-state index contributed by atoms with van der Waals surface area (Å²) in [5.41, 5.74) is 2.40. The minimum atomic E-state index is -0.0850. The normalized spacial score (nSPS) is 16.2. The Bertz CT molecular complexity index is 454. The Labute approximate surface area is 125 Å². The average molecular weight is 295 g/mol. The number of anilines is 3. The fourth-order valence-electron chi connectivity index (χ4n) is 2.42.